The molecule has 0 heterocycles. The Morgan fingerprint density at radius 2 is 2.05 bits per heavy atom. The van der Waals surface area contributed by atoms with Gasteiger partial charge in [0.25, 0.3) is 0 Å². The van der Waals surface area contributed by atoms with E-state index in [0.717, 1.165) is 12.7 Å². The standard InChI is InChI=1S/C18H32OSi/c1-14(2)17-11-16(9-7-8-10-19)15(3)18(12-17)13-20(4,5)6/h10,16-17H,1,7-9,11-13H2,2-6H3/t16-,17-/m1/s1. The molecule has 0 N–H and O–H groups in total. The molecule has 0 saturated heterocycles. The summed E-state index contributed by atoms with van der Waals surface area (Å²) in [7, 11) is -1.06. The van der Waals surface area contributed by atoms with Gasteiger partial charge in [-0.1, -0.05) is 42.9 Å². The summed E-state index contributed by atoms with van der Waals surface area (Å²) in [5, 5.41) is 0. The monoisotopic (exact) mass is 292 g/mol. The lowest BCUT2D eigenvalue weighted by molar-refractivity contribution is -0.107. The molecule has 0 radical (unpaired) electrons. The van der Waals surface area contributed by atoms with Crippen molar-refractivity contribution in [2.45, 2.75) is 71.6 Å². The maximum atomic E-state index is 10.5. The molecule has 1 rings (SSSR count). The molecular weight excluding hydrogens is 260 g/mol. The smallest absolute Gasteiger partial charge is 0.119 e. The minimum absolute atomic E-state index is 0.659. The van der Waals surface area contributed by atoms with E-state index in [1.165, 1.54) is 30.9 Å². The lowest BCUT2D eigenvalue weighted by Gasteiger charge is -2.35. The fraction of sp³-hybridized carbons (Fsp3) is 0.722. The van der Waals surface area contributed by atoms with Gasteiger partial charge < -0.3 is 4.79 Å². The Morgan fingerprint density at radius 3 is 2.55 bits per heavy atom. The van der Waals surface area contributed by atoms with Crippen molar-refractivity contribution in [3.63, 3.8) is 0 Å². The van der Waals surface area contributed by atoms with E-state index in [-0.39, 0.29) is 0 Å². The van der Waals surface area contributed by atoms with Crippen molar-refractivity contribution >= 4 is 14.4 Å². The zero-order valence-corrected chi connectivity index (χ0v) is 15.1. The molecule has 0 aliphatic heterocycles. The van der Waals surface area contributed by atoms with Crippen molar-refractivity contribution in [1.82, 2.24) is 0 Å². The van der Waals surface area contributed by atoms with Gasteiger partial charge in [-0.25, -0.2) is 0 Å². The molecule has 0 spiro atoms. The van der Waals surface area contributed by atoms with Crippen molar-refractivity contribution in [3.8, 4) is 0 Å². The van der Waals surface area contributed by atoms with Crippen LogP contribution in [0.25, 0.3) is 0 Å². The first-order chi connectivity index (χ1) is 9.24. The summed E-state index contributed by atoms with van der Waals surface area (Å²) >= 11 is 0. The van der Waals surface area contributed by atoms with E-state index in [0.29, 0.717) is 18.3 Å². The van der Waals surface area contributed by atoms with Crippen molar-refractivity contribution in [2.24, 2.45) is 11.8 Å². The predicted molar refractivity (Wildman–Crippen MR) is 91.8 cm³/mol. The predicted octanol–water partition coefficient (Wildman–Crippen LogP) is 5.61. The van der Waals surface area contributed by atoms with Gasteiger partial charge >= 0.3 is 0 Å². The summed E-state index contributed by atoms with van der Waals surface area (Å²) in [4.78, 5) is 10.5. The molecule has 1 aliphatic rings. The van der Waals surface area contributed by atoms with Crippen LogP contribution in [0.15, 0.2) is 23.3 Å². The molecule has 1 aliphatic carbocycles. The van der Waals surface area contributed by atoms with Crippen LogP contribution in [0.5, 0.6) is 0 Å². The topological polar surface area (TPSA) is 17.1 Å². The van der Waals surface area contributed by atoms with E-state index in [2.05, 4.69) is 40.1 Å². The summed E-state index contributed by atoms with van der Waals surface area (Å²) in [6, 6.07) is 1.33. The Labute approximate surface area is 126 Å². The Bertz CT molecular complexity index is 387. The molecule has 0 aromatic rings. The van der Waals surface area contributed by atoms with Gasteiger partial charge in [-0.15, -0.1) is 0 Å². The molecular formula is C18H32OSi. The molecule has 2 atom stereocenters. The van der Waals surface area contributed by atoms with Crippen molar-refractivity contribution in [3.05, 3.63) is 23.3 Å². The zero-order chi connectivity index (χ0) is 15.3. The number of unbranched alkanes of at least 4 members (excludes halogenated alkanes) is 1. The van der Waals surface area contributed by atoms with Crippen LogP contribution in [0, 0.1) is 11.8 Å². The average molecular weight is 293 g/mol. The van der Waals surface area contributed by atoms with Gasteiger partial charge in [0.05, 0.1) is 0 Å². The molecule has 0 aromatic carbocycles. The quantitative estimate of drug-likeness (QED) is 0.258. The van der Waals surface area contributed by atoms with E-state index in [1.807, 2.05) is 0 Å². The number of carbonyl (C=O) groups excluding carboxylic acids is 1. The minimum atomic E-state index is -1.06. The number of hydrogen-bond donors (Lipinski definition) is 0. The first-order valence-electron chi connectivity index (χ1n) is 8.02. The van der Waals surface area contributed by atoms with Gasteiger partial charge in [-0.3, -0.25) is 0 Å². The Kier molecular flexibility index (Phi) is 6.44. The van der Waals surface area contributed by atoms with Gasteiger partial charge in [0.2, 0.25) is 0 Å². The summed E-state index contributed by atoms with van der Waals surface area (Å²) < 4.78 is 0. The van der Waals surface area contributed by atoms with E-state index in [9.17, 15) is 4.79 Å². The normalized spacial score (nSPS) is 23.9. The molecule has 0 amide bonds. The molecule has 0 unspecified atom stereocenters. The average Bonchev–Trinajstić information content (AvgIpc) is 2.31. The third kappa shape index (κ3) is 5.39. The molecule has 0 aromatic heterocycles. The highest BCUT2D eigenvalue weighted by molar-refractivity contribution is 6.76. The van der Waals surface area contributed by atoms with Crippen molar-refractivity contribution in [1.29, 1.82) is 0 Å². The van der Waals surface area contributed by atoms with Crippen LogP contribution in [-0.4, -0.2) is 14.4 Å². The number of hydrogen-bond acceptors (Lipinski definition) is 1. The van der Waals surface area contributed by atoms with Crippen LogP contribution in [0.4, 0.5) is 0 Å². The van der Waals surface area contributed by atoms with E-state index in [1.54, 1.807) is 11.1 Å². The Morgan fingerprint density at radius 1 is 1.40 bits per heavy atom. The van der Waals surface area contributed by atoms with Crippen molar-refractivity contribution < 1.29 is 4.79 Å². The second-order valence-electron chi connectivity index (χ2n) is 7.80. The summed E-state index contributed by atoms with van der Waals surface area (Å²) in [5.41, 5.74) is 4.68. The SMILES string of the molecule is C=C(C)[C@H]1CC(C[Si](C)(C)C)=C(C)[C@H](CCCC=O)C1. The minimum Gasteiger partial charge on any atom is -0.303 e. The second kappa shape index (κ2) is 7.40. The van der Waals surface area contributed by atoms with Crippen LogP contribution >= 0.6 is 0 Å². The fourth-order valence-corrected chi connectivity index (χ4v) is 5.06. The maximum Gasteiger partial charge on any atom is 0.119 e. The summed E-state index contributed by atoms with van der Waals surface area (Å²) in [6.45, 7) is 16.1. The molecule has 0 bridgehead atoms. The molecule has 0 saturated carbocycles. The summed E-state index contributed by atoms with van der Waals surface area (Å²) in [5.74, 6) is 1.34. The summed E-state index contributed by atoms with van der Waals surface area (Å²) in [6.07, 6.45) is 6.45. The maximum absolute atomic E-state index is 10.5. The van der Waals surface area contributed by atoms with Crippen LogP contribution in [0.2, 0.25) is 25.7 Å². The lowest BCUT2D eigenvalue weighted by atomic mass is 9.73. The van der Waals surface area contributed by atoms with Gasteiger partial charge in [0.15, 0.2) is 0 Å². The largest absolute Gasteiger partial charge is 0.303 e. The van der Waals surface area contributed by atoms with Crippen LogP contribution in [0.1, 0.15) is 46.0 Å². The Hall–Kier alpha value is -0.633. The highest BCUT2D eigenvalue weighted by Crippen LogP contribution is 2.41. The zero-order valence-electron chi connectivity index (χ0n) is 14.1. The number of aldehydes is 1. The third-order valence-corrected chi connectivity index (χ3v) is 6.03. The Balaban J connectivity index is 2.87. The van der Waals surface area contributed by atoms with Gasteiger partial charge in [0, 0.05) is 14.5 Å². The van der Waals surface area contributed by atoms with Crippen LogP contribution in [-0.2, 0) is 4.79 Å². The molecule has 20 heavy (non-hydrogen) atoms. The van der Waals surface area contributed by atoms with E-state index in [4.69, 9.17) is 0 Å². The first-order valence-corrected chi connectivity index (χ1v) is 11.7. The number of rotatable bonds is 7. The van der Waals surface area contributed by atoms with Gasteiger partial charge in [-0.05, 0) is 57.4 Å². The van der Waals surface area contributed by atoms with Gasteiger partial charge in [0.1, 0.15) is 6.29 Å². The second-order valence-corrected chi connectivity index (χ2v) is 13.3. The fourth-order valence-electron chi connectivity index (χ4n) is 3.36. The highest BCUT2D eigenvalue weighted by Gasteiger charge is 2.29. The first kappa shape index (κ1) is 17.4. The molecule has 114 valence electrons. The highest BCUT2D eigenvalue weighted by atomic mass is 28.3. The number of allylic oxidation sites excluding steroid dienone is 3. The van der Waals surface area contributed by atoms with Crippen molar-refractivity contribution in [2.75, 3.05) is 0 Å². The van der Waals surface area contributed by atoms with E-state index >= 15 is 0 Å². The molecule has 0 fully saturated rings. The van der Waals surface area contributed by atoms with E-state index < -0.39 is 8.07 Å². The van der Waals surface area contributed by atoms with Crippen LogP contribution in [0.3, 0.4) is 0 Å². The number of carbonyl (C=O) groups is 1. The van der Waals surface area contributed by atoms with Gasteiger partial charge in [-0.2, -0.15) is 0 Å². The molecule has 1 nitrogen and oxygen atoms in total. The molecule has 2 heteroatoms. The lowest BCUT2D eigenvalue weighted by Crippen LogP contribution is -2.26. The third-order valence-electron chi connectivity index (χ3n) is 4.55. The van der Waals surface area contributed by atoms with Crippen LogP contribution < -0.4 is 0 Å².